The number of aromatic nitrogens is 2. The first-order chi connectivity index (χ1) is 20.4. The molecule has 2 aliphatic heterocycles. The van der Waals surface area contributed by atoms with Gasteiger partial charge in [-0.15, -0.1) is 11.8 Å². The monoisotopic (exact) mass is 636 g/mol. The number of ether oxygens (including phenoxy) is 1. The minimum absolute atomic E-state index is 0.0592. The Kier molecular flexibility index (Phi) is 7.75. The van der Waals surface area contributed by atoms with Crippen LogP contribution < -0.4 is 10.6 Å². The molecule has 7 nitrogen and oxygen atoms in total. The molecule has 2 fully saturated rings. The van der Waals surface area contributed by atoms with Crippen molar-refractivity contribution in [2.24, 2.45) is 0 Å². The van der Waals surface area contributed by atoms with Gasteiger partial charge in [0.2, 0.25) is 5.91 Å². The van der Waals surface area contributed by atoms with E-state index in [1.165, 1.54) is 34.5 Å². The Bertz CT molecular complexity index is 1680. The molecule has 0 radical (unpaired) electrons. The highest BCUT2D eigenvalue weighted by atomic mass is 35.5. The summed E-state index contributed by atoms with van der Waals surface area (Å²) in [5.41, 5.74) is -1.33. The summed E-state index contributed by atoms with van der Waals surface area (Å²) >= 11 is 7.23. The number of anilines is 1. The maximum atomic E-state index is 14.9. The third kappa shape index (κ3) is 5.53. The first-order valence-electron chi connectivity index (χ1n) is 14.0. The summed E-state index contributed by atoms with van der Waals surface area (Å²) in [7, 11) is 0. The molecule has 1 saturated heterocycles. The predicted molar refractivity (Wildman–Crippen MR) is 158 cm³/mol. The number of amides is 1. The van der Waals surface area contributed by atoms with Crippen molar-refractivity contribution < 1.29 is 27.1 Å². The number of hydrogen-bond donors (Lipinski definition) is 0. The molecule has 13 heteroatoms. The summed E-state index contributed by atoms with van der Waals surface area (Å²) in [5, 5.41) is -0.143. The quantitative estimate of drug-likeness (QED) is 0.248. The smallest absolute Gasteiger partial charge is 0.372 e. The summed E-state index contributed by atoms with van der Waals surface area (Å²) in [6.45, 7) is 7.87. The standard InChI is InChI=1S/C30H29ClF4N4O3S/c1-4-24(40)39-15(2)11-37(12-16(39)3)28-20-10-21(30(33,34)35)25(17-5-8-23(32)22(31)9-17)27-26(20)38(29(41)36-28)13-19(14-43-27)42-18-6-7-18/h4-5,8-10,15-16,18-19H,1,6-7,11-14H2,2-3H3/t15-,16+,19?. The van der Waals surface area contributed by atoms with E-state index >= 15 is 0 Å². The van der Waals surface area contributed by atoms with Gasteiger partial charge in [0.1, 0.15) is 11.6 Å². The summed E-state index contributed by atoms with van der Waals surface area (Å²) in [5.74, 6) is -0.571. The van der Waals surface area contributed by atoms with Crippen LogP contribution in [0.25, 0.3) is 22.0 Å². The lowest BCUT2D eigenvalue weighted by molar-refractivity contribution is -0.137. The minimum atomic E-state index is -4.80. The Morgan fingerprint density at radius 3 is 2.44 bits per heavy atom. The number of hydrogen-bond acceptors (Lipinski definition) is 6. The Balaban J connectivity index is 1.61. The van der Waals surface area contributed by atoms with E-state index in [2.05, 4.69) is 11.6 Å². The number of rotatable bonds is 5. The molecule has 2 aromatic carbocycles. The second-order valence-electron chi connectivity index (χ2n) is 11.3. The number of nitrogens with zero attached hydrogens (tertiary/aromatic N) is 4. The third-order valence-corrected chi connectivity index (χ3v) is 9.58. The van der Waals surface area contributed by atoms with Crippen molar-refractivity contribution in [2.75, 3.05) is 23.7 Å². The van der Waals surface area contributed by atoms with Gasteiger partial charge >= 0.3 is 11.9 Å². The summed E-state index contributed by atoms with van der Waals surface area (Å²) < 4.78 is 66.3. The van der Waals surface area contributed by atoms with E-state index < -0.39 is 29.4 Å². The van der Waals surface area contributed by atoms with E-state index in [9.17, 15) is 27.2 Å². The fourth-order valence-corrected chi connectivity index (χ4v) is 7.58. The van der Waals surface area contributed by atoms with E-state index in [4.69, 9.17) is 16.3 Å². The maximum absolute atomic E-state index is 14.9. The van der Waals surface area contributed by atoms with Crippen LogP contribution in [0.2, 0.25) is 5.02 Å². The van der Waals surface area contributed by atoms with Gasteiger partial charge in [-0.3, -0.25) is 9.36 Å². The second-order valence-corrected chi connectivity index (χ2v) is 12.7. The van der Waals surface area contributed by atoms with Crippen LogP contribution in [0.5, 0.6) is 0 Å². The lowest BCUT2D eigenvalue weighted by atomic mass is 9.96. The predicted octanol–water partition coefficient (Wildman–Crippen LogP) is 6.14. The van der Waals surface area contributed by atoms with Gasteiger partial charge in [0.25, 0.3) is 0 Å². The van der Waals surface area contributed by atoms with Gasteiger partial charge in [0.05, 0.1) is 34.9 Å². The number of piperazine rings is 1. The van der Waals surface area contributed by atoms with E-state index in [1.54, 1.807) is 9.80 Å². The summed E-state index contributed by atoms with van der Waals surface area (Å²) in [4.78, 5) is 34.2. The van der Waals surface area contributed by atoms with E-state index in [0.29, 0.717) is 11.3 Å². The number of alkyl halides is 3. The van der Waals surface area contributed by atoms with Gasteiger partial charge in [0, 0.05) is 46.8 Å². The minimum Gasteiger partial charge on any atom is -0.372 e. The van der Waals surface area contributed by atoms with Crippen LogP contribution >= 0.6 is 23.4 Å². The Morgan fingerprint density at radius 2 is 1.84 bits per heavy atom. The number of carbonyl (C=O) groups excluding carboxylic acids is 1. The molecule has 0 spiro atoms. The largest absolute Gasteiger partial charge is 0.417 e. The van der Waals surface area contributed by atoms with Gasteiger partial charge in [0.15, 0.2) is 0 Å². The molecular formula is C30H29ClF4N4O3S. The van der Waals surface area contributed by atoms with Gasteiger partial charge < -0.3 is 14.5 Å². The Labute approximate surface area is 254 Å². The van der Waals surface area contributed by atoms with Crippen LogP contribution in [0.1, 0.15) is 32.3 Å². The molecule has 43 heavy (non-hydrogen) atoms. The topological polar surface area (TPSA) is 67.7 Å². The molecule has 0 N–H and O–H groups in total. The molecule has 1 aromatic heterocycles. The highest BCUT2D eigenvalue weighted by Gasteiger charge is 2.40. The van der Waals surface area contributed by atoms with Crippen LogP contribution in [0.4, 0.5) is 23.4 Å². The molecule has 1 saturated carbocycles. The van der Waals surface area contributed by atoms with Crippen LogP contribution in [0.3, 0.4) is 0 Å². The number of carbonyl (C=O) groups is 1. The van der Waals surface area contributed by atoms with E-state index in [-0.39, 0.29) is 76.0 Å². The zero-order valence-electron chi connectivity index (χ0n) is 23.5. The molecule has 3 aromatic rings. The molecular weight excluding hydrogens is 608 g/mol. The first-order valence-corrected chi connectivity index (χ1v) is 15.4. The fourth-order valence-electron chi connectivity index (χ4n) is 6.13. The van der Waals surface area contributed by atoms with Crippen molar-refractivity contribution in [1.29, 1.82) is 0 Å². The number of benzene rings is 2. The SMILES string of the molecule is C=CC(=O)N1[C@H](C)CN(c2nc(=O)n3c4c(c(-c5ccc(F)c(Cl)c5)c(C(F)(F)F)cc24)SCC(OC2CC2)C3)C[C@@H]1C. The van der Waals surface area contributed by atoms with Crippen LogP contribution in [-0.2, 0) is 22.3 Å². The fraction of sp³-hybridized carbons (Fsp3) is 0.433. The van der Waals surface area contributed by atoms with Gasteiger partial charge in [-0.25, -0.2) is 9.18 Å². The molecule has 1 amide bonds. The van der Waals surface area contributed by atoms with Gasteiger partial charge in [-0.1, -0.05) is 24.2 Å². The highest BCUT2D eigenvalue weighted by molar-refractivity contribution is 7.99. The molecule has 3 aliphatic rings. The highest BCUT2D eigenvalue weighted by Crippen LogP contribution is 2.49. The normalized spacial score (nSPS) is 22.5. The lowest BCUT2D eigenvalue weighted by Crippen LogP contribution is -2.58. The third-order valence-electron chi connectivity index (χ3n) is 8.07. The van der Waals surface area contributed by atoms with Crippen molar-refractivity contribution in [3.05, 3.63) is 63.8 Å². The number of halogens is 5. The van der Waals surface area contributed by atoms with Crippen LogP contribution in [-0.4, -0.2) is 63.5 Å². The maximum Gasteiger partial charge on any atom is 0.417 e. The van der Waals surface area contributed by atoms with Crippen molar-refractivity contribution in [2.45, 2.75) is 68.6 Å². The van der Waals surface area contributed by atoms with Gasteiger partial charge in [-0.05, 0) is 56.5 Å². The van der Waals surface area contributed by atoms with Gasteiger partial charge in [-0.2, -0.15) is 18.2 Å². The molecule has 3 heterocycles. The first kappa shape index (κ1) is 30.0. The molecule has 228 valence electrons. The van der Waals surface area contributed by atoms with E-state index in [0.717, 1.165) is 25.0 Å². The molecule has 6 rings (SSSR count). The Morgan fingerprint density at radius 1 is 1.14 bits per heavy atom. The van der Waals surface area contributed by atoms with E-state index in [1.807, 2.05) is 13.8 Å². The number of thioether (sulfide) groups is 1. The van der Waals surface area contributed by atoms with Crippen molar-refractivity contribution in [3.8, 4) is 11.1 Å². The average molecular weight is 637 g/mol. The molecule has 0 bridgehead atoms. The zero-order valence-corrected chi connectivity index (χ0v) is 25.0. The van der Waals surface area contributed by atoms with Crippen LogP contribution in [0, 0.1) is 5.82 Å². The molecule has 1 unspecified atom stereocenters. The average Bonchev–Trinajstić information content (AvgIpc) is 3.78. The Hall–Kier alpha value is -3.09. The lowest BCUT2D eigenvalue weighted by Gasteiger charge is -2.44. The molecule has 3 atom stereocenters. The van der Waals surface area contributed by atoms with Crippen molar-refractivity contribution in [3.63, 3.8) is 0 Å². The summed E-state index contributed by atoms with van der Waals surface area (Å²) in [6, 6.07) is 3.86. The molecule has 1 aliphatic carbocycles. The van der Waals surface area contributed by atoms with Crippen molar-refractivity contribution >= 4 is 46.0 Å². The van der Waals surface area contributed by atoms with Crippen molar-refractivity contribution in [1.82, 2.24) is 14.5 Å². The zero-order chi connectivity index (χ0) is 30.8. The van der Waals surface area contributed by atoms with Crippen LogP contribution in [0.15, 0.2) is 46.6 Å². The summed E-state index contributed by atoms with van der Waals surface area (Å²) in [6.07, 6.45) is -2.15. The second kappa shape index (κ2) is 11.1.